The molecular weight excluding hydrogens is 731 g/mol. The minimum Gasteiger partial charge on any atom is -0.394 e. The first-order valence-electron chi connectivity index (χ1n) is 25.2. The van der Waals surface area contributed by atoms with Crippen LogP contribution in [0.2, 0.25) is 0 Å². The maximum atomic E-state index is 12.9. The van der Waals surface area contributed by atoms with E-state index in [1.165, 1.54) is 186 Å². The van der Waals surface area contributed by atoms with Gasteiger partial charge in [0.2, 0.25) is 5.91 Å². The molecule has 0 aromatic carbocycles. The van der Waals surface area contributed by atoms with E-state index in [-0.39, 0.29) is 12.5 Å². The Morgan fingerprint density at radius 3 is 1.22 bits per heavy atom. The van der Waals surface area contributed by atoms with Crippen LogP contribution in [-0.2, 0) is 14.3 Å². The van der Waals surface area contributed by atoms with Gasteiger partial charge in [-0.2, -0.15) is 0 Å². The Bertz CT molecular complexity index is 878. The summed E-state index contributed by atoms with van der Waals surface area (Å²) in [5.41, 5.74) is 0. The molecule has 0 spiro atoms. The van der Waals surface area contributed by atoms with Crippen molar-refractivity contribution in [3.8, 4) is 0 Å². The Morgan fingerprint density at radius 1 is 0.517 bits per heavy atom. The van der Waals surface area contributed by atoms with Gasteiger partial charge in [0, 0.05) is 6.42 Å². The molecule has 1 aliphatic heterocycles. The predicted octanol–water partition coefficient (Wildman–Crippen LogP) is 11.1. The van der Waals surface area contributed by atoms with Crippen molar-refractivity contribution in [3.63, 3.8) is 0 Å². The van der Waals surface area contributed by atoms with Crippen LogP contribution < -0.4 is 5.32 Å². The van der Waals surface area contributed by atoms with E-state index in [9.17, 15) is 30.3 Å². The first-order chi connectivity index (χ1) is 28.3. The lowest BCUT2D eigenvalue weighted by Gasteiger charge is -2.40. The summed E-state index contributed by atoms with van der Waals surface area (Å²) < 4.78 is 11.3. The van der Waals surface area contributed by atoms with E-state index in [0.29, 0.717) is 12.8 Å². The third-order valence-electron chi connectivity index (χ3n) is 12.5. The second-order valence-corrected chi connectivity index (χ2v) is 18.0. The Morgan fingerprint density at radius 2 is 0.862 bits per heavy atom. The molecular formula is C49H97NO8. The number of carbonyl (C=O) groups is 1. The minimum absolute atomic E-state index is 0.132. The first kappa shape index (κ1) is 55.2. The largest absolute Gasteiger partial charge is 0.394 e. The Labute approximate surface area is 357 Å². The van der Waals surface area contributed by atoms with Gasteiger partial charge in [-0.1, -0.05) is 232 Å². The molecule has 0 radical (unpaired) electrons. The third kappa shape index (κ3) is 30.3. The number of rotatable bonds is 43. The SMILES string of the molecule is CCCCCCCCCCCCCCCCCCCCCCCCCCCC(O)C(COC1OC(CO)C(O)C(O)C1O)NC(=O)CCCCCCCCCCCC. The van der Waals surface area contributed by atoms with E-state index >= 15 is 0 Å². The second kappa shape index (κ2) is 40.3. The van der Waals surface area contributed by atoms with Crippen LogP contribution in [-0.4, -0.2) is 87.5 Å². The van der Waals surface area contributed by atoms with Gasteiger partial charge in [-0.3, -0.25) is 4.79 Å². The monoisotopic (exact) mass is 828 g/mol. The average Bonchev–Trinajstić information content (AvgIpc) is 3.22. The van der Waals surface area contributed by atoms with Crippen LogP contribution >= 0.6 is 0 Å². The van der Waals surface area contributed by atoms with E-state index in [2.05, 4.69) is 19.2 Å². The van der Waals surface area contributed by atoms with Crippen LogP contribution in [0.1, 0.15) is 251 Å². The zero-order chi connectivity index (χ0) is 42.3. The number of nitrogens with one attached hydrogen (secondary N) is 1. The Balaban J connectivity index is 2.18. The molecule has 7 unspecified atom stereocenters. The first-order valence-corrected chi connectivity index (χ1v) is 25.2. The van der Waals surface area contributed by atoms with E-state index in [1.54, 1.807) is 0 Å². The van der Waals surface area contributed by atoms with Gasteiger partial charge in [-0.05, 0) is 12.8 Å². The van der Waals surface area contributed by atoms with Crippen LogP contribution in [0.3, 0.4) is 0 Å². The molecule has 0 bridgehead atoms. The van der Waals surface area contributed by atoms with E-state index in [0.717, 1.165) is 38.5 Å². The van der Waals surface area contributed by atoms with Crippen LogP contribution in [0.15, 0.2) is 0 Å². The molecule has 346 valence electrons. The number of hydrogen-bond donors (Lipinski definition) is 6. The van der Waals surface area contributed by atoms with Crippen molar-refractivity contribution in [3.05, 3.63) is 0 Å². The van der Waals surface area contributed by atoms with Crippen molar-refractivity contribution in [1.29, 1.82) is 0 Å². The number of amides is 1. The molecule has 1 amide bonds. The van der Waals surface area contributed by atoms with Gasteiger partial charge in [-0.25, -0.2) is 0 Å². The molecule has 0 aliphatic carbocycles. The van der Waals surface area contributed by atoms with Crippen molar-refractivity contribution >= 4 is 5.91 Å². The topological polar surface area (TPSA) is 149 Å². The maximum Gasteiger partial charge on any atom is 0.220 e. The van der Waals surface area contributed by atoms with Gasteiger partial charge in [0.15, 0.2) is 6.29 Å². The predicted molar refractivity (Wildman–Crippen MR) is 240 cm³/mol. The third-order valence-corrected chi connectivity index (χ3v) is 12.5. The molecule has 6 N–H and O–H groups in total. The highest BCUT2D eigenvalue weighted by Crippen LogP contribution is 2.23. The van der Waals surface area contributed by atoms with Crippen molar-refractivity contribution in [2.24, 2.45) is 0 Å². The molecule has 0 aromatic rings. The number of aliphatic hydroxyl groups is 5. The van der Waals surface area contributed by atoms with Gasteiger partial charge in [0.25, 0.3) is 0 Å². The minimum atomic E-state index is -1.55. The fourth-order valence-corrected chi connectivity index (χ4v) is 8.40. The molecule has 9 nitrogen and oxygen atoms in total. The highest BCUT2D eigenvalue weighted by atomic mass is 16.7. The fraction of sp³-hybridized carbons (Fsp3) is 0.980. The summed E-state index contributed by atoms with van der Waals surface area (Å²) in [5.74, 6) is -0.143. The van der Waals surface area contributed by atoms with Crippen molar-refractivity contribution in [2.75, 3.05) is 13.2 Å². The Kier molecular flexibility index (Phi) is 38.3. The fourth-order valence-electron chi connectivity index (χ4n) is 8.40. The molecule has 7 atom stereocenters. The molecule has 1 saturated heterocycles. The summed E-state index contributed by atoms with van der Waals surface area (Å²) in [4.78, 5) is 12.9. The smallest absolute Gasteiger partial charge is 0.220 e. The second-order valence-electron chi connectivity index (χ2n) is 18.0. The molecule has 9 heteroatoms. The van der Waals surface area contributed by atoms with Gasteiger partial charge < -0.3 is 40.3 Å². The molecule has 58 heavy (non-hydrogen) atoms. The average molecular weight is 828 g/mol. The molecule has 1 fully saturated rings. The molecule has 1 heterocycles. The number of ether oxygens (including phenoxy) is 2. The summed E-state index contributed by atoms with van der Waals surface area (Å²) in [7, 11) is 0. The summed E-state index contributed by atoms with van der Waals surface area (Å²) in [6, 6.07) is -0.711. The maximum absolute atomic E-state index is 12.9. The van der Waals surface area contributed by atoms with Crippen LogP contribution in [0, 0.1) is 0 Å². The normalized spacial score (nSPS) is 20.7. The lowest BCUT2D eigenvalue weighted by molar-refractivity contribution is -0.302. The Hall–Kier alpha value is -0.810. The number of aliphatic hydroxyl groups excluding tert-OH is 5. The summed E-state index contributed by atoms with van der Waals surface area (Å²) >= 11 is 0. The highest BCUT2D eigenvalue weighted by Gasteiger charge is 2.44. The van der Waals surface area contributed by atoms with Gasteiger partial charge in [0.1, 0.15) is 24.4 Å². The molecule has 1 rings (SSSR count). The lowest BCUT2D eigenvalue weighted by atomic mass is 9.99. The number of hydrogen-bond acceptors (Lipinski definition) is 8. The molecule has 1 aliphatic rings. The van der Waals surface area contributed by atoms with Crippen molar-refractivity contribution in [2.45, 2.75) is 294 Å². The van der Waals surface area contributed by atoms with E-state index < -0.39 is 49.5 Å². The zero-order valence-corrected chi connectivity index (χ0v) is 38.1. The van der Waals surface area contributed by atoms with Crippen LogP contribution in [0.25, 0.3) is 0 Å². The summed E-state index contributed by atoms with van der Waals surface area (Å²) in [6.07, 6.45) is 38.5. The van der Waals surface area contributed by atoms with Gasteiger partial charge >= 0.3 is 0 Å². The standard InChI is InChI=1S/C49H97NO8/c1-3-5-7-9-11-13-15-16-17-18-19-20-21-22-23-24-25-26-27-28-29-30-32-34-36-38-43(52)42(41-57-49-48(56)47(55)46(54)44(40-51)58-49)50-45(53)39-37-35-33-31-14-12-10-8-6-4-2/h42-44,46-49,51-52,54-56H,3-41H2,1-2H3,(H,50,53). The number of carbonyl (C=O) groups excluding carboxylic acids is 1. The quantitative estimate of drug-likeness (QED) is 0.0333. The van der Waals surface area contributed by atoms with Crippen LogP contribution in [0.4, 0.5) is 0 Å². The van der Waals surface area contributed by atoms with Crippen LogP contribution in [0.5, 0.6) is 0 Å². The summed E-state index contributed by atoms with van der Waals surface area (Å²) in [5, 5.41) is 54.4. The van der Waals surface area contributed by atoms with Crippen molar-refractivity contribution < 1.29 is 39.8 Å². The van der Waals surface area contributed by atoms with E-state index in [1.807, 2.05) is 0 Å². The molecule has 0 saturated carbocycles. The van der Waals surface area contributed by atoms with Gasteiger partial charge in [0.05, 0.1) is 25.4 Å². The zero-order valence-electron chi connectivity index (χ0n) is 38.1. The number of unbranched alkanes of at least 4 members (excludes halogenated alkanes) is 33. The van der Waals surface area contributed by atoms with E-state index in [4.69, 9.17) is 9.47 Å². The lowest BCUT2D eigenvalue weighted by Crippen LogP contribution is -2.60. The highest BCUT2D eigenvalue weighted by molar-refractivity contribution is 5.76. The van der Waals surface area contributed by atoms with Gasteiger partial charge in [-0.15, -0.1) is 0 Å². The van der Waals surface area contributed by atoms with Crippen molar-refractivity contribution in [1.82, 2.24) is 5.32 Å². The molecule has 0 aromatic heterocycles. The summed E-state index contributed by atoms with van der Waals surface area (Å²) in [6.45, 7) is 3.84.